The Hall–Kier alpha value is -1.25. The first kappa shape index (κ1) is 10.8. The van der Waals surface area contributed by atoms with Crippen LogP contribution < -0.4 is 5.32 Å². The molecule has 0 aromatic rings. The Balaban J connectivity index is 3.97. The van der Waals surface area contributed by atoms with E-state index in [4.69, 9.17) is 0 Å². The molecule has 1 amide bonds. The zero-order valence-electron chi connectivity index (χ0n) is 7.92. The average Bonchev–Trinajstić information content (AvgIpc) is 2.00. The van der Waals surface area contributed by atoms with E-state index in [1.54, 1.807) is 26.2 Å². The summed E-state index contributed by atoms with van der Waals surface area (Å²) in [6.45, 7) is 6.10. The van der Waals surface area contributed by atoms with Crippen molar-refractivity contribution in [1.29, 1.82) is 0 Å². The van der Waals surface area contributed by atoms with E-state index >= 15 is 0 Å². The van der Waals surface area contributed by atoms with E-state index < -0.39 is 0 Å². The van der Waals surface area contributed by atoms with Crippen molar-refractivity contribution in [2.45, 2.75) is 6.92 Å². The SMILES string of the molecule is C=CCN/C(C)=C\C(=O)N(C)C. The normalized spacial score (nSPS) is 10.8. The second-order valence-corrected chi connectivity index (χ2v) is 2.73. The summed E-state index contributed by atoms with van der Waals surface area (Å²) in [5, 5.41) is 3.01. The Morgan fingerprint density at radius 2 is 2.17 bits per heavy atom. The minimum atomic E-state index is -0.0101. The monoisotopic (exact) mass is 168 g/mol. The van der Waals surface area contributed by atoms with E-state index in [0.29, 0.717) is 6.54 Å². The van der Waals surface area contributed by atoms with Crippen molar-refractivity contribution in [3.63, 3.8) is 0 Å². The third-order valence-corrected chi connectivity index (χ3v) is 1.31. The van der Waals surface area contributed by atoms with Gasteiger partial charge < -0.3 is 10.2 Å². The van der Waals surface area contributed by atoms with Gasteiger partial charge in [0.15, 0.2) is 0 Å². The lowest BCUT2D eigenvalue weighted by atomic mass is 10.4. The molecule has 0 aromatic carbocycles. The average molecular weight is 168 g/mol. The molecule has 0 aliphatic heterocycles. The van der Waals surface area contributed by atoms with Crippen LogP contribution in [0.25, 0.3) is 0 Å². The second kappa shape index (κ2) is 5.41. The summed E-state index contributed by atoms with van der Waals surface area (Å²) in [6, 6.07) is 0. The van der Waals surface area contributed by atoms with Gasteiger partial charge in [0.25, 0.3) is 0 Å². The molecule has 0 saturated carbocycles. The number of rotatable bonds is 4. The second-order valence-electron chi connectivity index (χ2n) is 2.73. The molecule has 3 nitrogen and oxygen atoms in total. The van der Waals surface area contributed by atoms with Gasteiger partial charge in [-0.15, -0.1) is 6.58 Å². The fourth-order valence-corrected chi connectivity index (χ4v) is 0.598. The Bertz CT molecular complexity index is 195. The van der Waals surface area contributed by atoms with Gasteiger partial charge in [0.1, 0.15) is 0 Å². The first-order chi connectivity index (χ1) is 5.57. The summed E-state index contributed by atoms with van der Waals surface area (Å²) in [4.78, 5) is 12.6. The van der Waals surface area contributed by atoms with Crippen LogP contribution in [0, 0.1) is 0 Å². The van der Waals surface area contributed by atoms with Gasteiger partial charge in [0.2, 0.25) is 5.91 Å². The molecule has 0 aromatic heterocycles. The summed E-state index contributed by atoms with van der Waals surface area (Å²) < 4.78 is 0. The van der Waals surface area contributed by atoms with E-state index in [2.05, 4.69) is 11.9 Å². The molecule has 0 aliphatic rings. The van der Waals surface area contributed by atoms with Crippen molar-refractivity contribution >= 4 is 5.91 Å². The maximum Gasteiger partial charge on any atom is 0.247 e. The van der Waals surface area contributed by atoms with E-state index in [1.165, 1.54) is 4.90 Å². The van der Waals surface area contributed by atoms with Gasteiger partial charge in [-0.1, -0.05) is 6.08 Å². The lowest BCUT2D eigenvalue weighted by Gasteiger charge is -2.08. The van der Waals surface area contributed by atoms with E-state index in [-0.39, 0.29) is 5.91 Å². The predicted octanol–water partition coefficient (Wildman–Crippen LogP) is 0.754. The Morgan fingerprint density at radius 3 is 2.58 bits per heavy atom. The maximum absolute atomic E-state index is 11.1. The van der Waals surface area contributed by atoms with Crippen LogP contribution in [0.15, 0.2) is 24.4 Å². The first-order valence-electron chi connectivity index (χ1n) is 3.82. The summed E-state index contributed by atoms with van der Waals surface area (Å²) in [6.07, 6.45) is 3.31. The highest BCUT2D eigenvalue weighted by Crippen LogP contribution is 1.89. The van der Waals surface area contributed by atoms with E-state index in [9.17, 15) is 4.79 Å². The molecule has 0 fully saturated rings. The minimum absolute atomic E-state index is 0.0101. The first-order valence-corrected chi connectivity index (χ1v) is 3.82. The molecule has 0 aliphatic carbocycles. The van der Waals surface area contributed by atoms with Crippen LogP contribution >= 0.6 is 0 Å². The van der Waals surface area contributed by atoms with Crippen LogP contribution in [-0.4, -0.2) is 31.4 Å². The van der Waals surface area contributed by atoms with Gasteiger partial charge in [-0.3, -0.25) is 4.79 Å². The number of hydrogen-bond acceptors (Lipinski definition) is 2. The highest BCUT2D eigenvalue weighted by Gasteiger charge is 1.98. The number of nitrogens with one attached hydrogen (secondary N) is 1. The van der Waals surface area contributed by atoms with Crippen LogP contribution in [0.5, 0.6) is 0 Å². The molecule has 0 saturated heterocycles. The summed E-state index contributed by atoms with van der Waals surface area (Å²) in [5.74, 6) is -0.0101. The molecule has 12 heavy (non-hydrogen) atoms. The van der Waals surface area contributed by atoms with Crippen molar-refractivity contribution in [2.24, 2.45) is 0 Å². The molecular weight excluding hydrogens is 152 g/mol. The van der Waals surface area contributed by atoms with Crippen LogP contribution in [0.1, 0.15) is 6.92 Å². The highest BCUT2D eigenvalue weighted by molar-refractivity contribution is 5.87. The number of hydrogen-bond donors (Lipinski definition) is 1. The van der Waals surface area contributed by atoms with Crippen LogP contribution in [0.3, 0.4) is 0 Å². The van der Waals surface area contributed by atoms with E-state index in [0.717, 1.165) is 5.70 Å². The molecular formula is C9H16N2O. The largest absolute Gasteiger partial charge is 0.385 e. The number of nitrogens with zero attached hydrogens (tertiary/aromatic N) is 1. The smallest absolute Gasteiger partial charge is 0.247 e. The van der Waals surface area contributed by atoms with Crippen LogP contribution in [0.2, 0.25) is 0 Å². The Labute approximate surface area is 73.8 Å². The Kier molecular flexibility index (Phi) is 4.84. The van der Waals surface area contributed by atoms with Crippen LogP contribution in [0.4, 0.5) is 0 Å². The lowest BCUT2D eigenvalue weighted by Crippen LogP contribution is -2.21. The number of likely N-dealkylation sites (N-methyl/N-ethyl adjacent to an activating group) is 1. The molecule has 0 heterocycles. The summed E-state index contributed by atoms with van der Waals surface area (Å²) >= 11 is 0. The van der Waals surface area contributed by atoms with Gasteiger partial charge in [0, 0.05) is 32.4 Å². The van der Waals surface area contributed by atoms with Gasteiger partial charge in [-0.25, -0.2) is 0 Å². The number of carbonyl (C=O) groups excluding carboxylic acids is 1. The number of amides is 1. The zero-order valence-corrected chi connectivity index (χ0v) is 7.92. The standard InChI is InChI=1S/C9H16N2O/c1-5-6-10-8(2)7-9(12)11(3)4/h5,7,10H,1,6H2,2-4H3/b8-7-. The van der Waals surface area contributed by atoms with Crippen molar-refractivity contribution < 1.29 is 4.79 Å². The summed E-state index contributed by atoms with van der Waals surface area (Å²) in [7, 11) is 3.44. The lowest BCUT2D eigenvalue weighted by molar-refractivity contribution is -0.123. The quantitative estimate of drug-likeness (QED) is 0.496. The van der Waals surface area contributed by atoms with Gasteiger partial charge in [-0.05, 0) is 6.92 Å². The number of carbonyl (C=O) groups is 1. The molecule has 1 N–H and O–H groups in total. The highest BCUT2D eigenvalue weighted by atomic mass is 16.2. The third kappa shape index (κ3) is 4.55. The van der Waals surface area contributed by atoms with Crippen molar-refractivity contribution in [3.05, 3.63) is 24.4 Å². The minimum Gasteiger partial charge on any atom is -0.385 e. The third-order valence-electron chi connectivity index (χ3n) is 1.31. The molecule has 0 unspecified atom stereocenters. The fourth-order valence-electron chi connectivity index (χ4n) is 0.598. The molecule has 0 atom stereocenters. The Morgan fingerprint density at radius 1 is 1.58 bits per heavy atom. The van der Waals surface area contributed by atoms with Crippen molar-refractivity contribution in [1.82, 2.24) is 10.2 Å². The molecule has 68 valence electrons. The predicted molar refractivity (Wildman–Crippen MR) is 50.7 cm³/mol. The molecule has 0 spiro atoms. The summed E-state index contributed by atoms with van der Waals surface area (Å²) in [5.41, 5.74) is 0.855. The van der Waals surface area contributed by atoms with E-state index in [1.807, 2.05) is 6.92 Å². The molecule has 3 heteroatoms. The fraction of sp³-hybridized carbons (Fsp3) is 0.444. The molecule has 0 rings (SSSR count). The molecule has 0 radical (unpaired) electrons. The maximum atomic E-state index is 11.1. The topological polar surface area (TPSA) is 32.3 Å². The van der Waals surface area contributed by atoms with Crippen LogP contribution in [-0.2, 0) is 4.79 Å². The molecule has 0 bridgehead atoms. The zero-order chi connectivity index (χ0) is 9.56. The van der Waals surface area contributed by atoms with Crippen molar-refractivity contribution in [2.75, 3.05) is 20.6 Å². The van der Waals surface area contributed by atoms with Crippen molar-refractivity contribution in [3.8, 4) is 0 Å². The van der Waals surface area contributed by atoms with Gasteiger partial charge in [-0.2, -0.15) is 0 Å². The number of allylic oxidation sites excluding steroid dienone is 1. The van der Waals surface area contributed by atoms with Gasteiger partial charge in [0.05, 0.1) is 0 Å². The van der Waals surface area contributed by atoms with Gasteiger partial charge >= 0.3 is 0 Å².